The van der Waals surface area contributed by atoms with Gasteiger partial charge < -0.3 is 15.9 Å². The molecule has 0 spiro atoms. The van der Waals surface area contributed by atoms with Gasteiger partial charge in [0.2, 0.25) is 0 Å². The summed E-state index contributed by atoms with van der Waals surface area (Å²) in [6.45, 7) is 1.33. The Morgan fingerprint density at radius 2 is 2.00 bits per heavy atom. The second kappa shape index (κ2) is 4.77. The Balaban J connectivity index is 0. The van der Waals surface area contributed by atoms with Crippen molar-refractivity contribution in [2.45, 2.75) is 19.1 Å². The number of hydrogen-bond acceptors (Lipinski definition) is 3. The summed E-state index contributed by atoms with van der Waals surface area (Å²) in [5.41, 5.74) is 4.91. The van der Waals surface area contributed by atoms with Gasteiger partial charge in [0.25, 0.3) is 0 Å². The van der Waals surface area contributed by atoms with Gasteiger partial charge in [-0.2, -0.15) is 0 Å². The third kappa shape index (κ3) is 4.43. The van der Waals surface area contributed by atoms with Crippen molar-refractivity contribution in [2.24, 2.45) is 5.73 Å². The molecule has 0 heterocycles. The predicted octanol–water partition coefficient (Wildman–Crippen LogP) is -1.60. The van der Waals surface area contributed by atoms with Crippen LogP contribution in [0.1, 0.15) is 6.92 Å². The first-order chi connectivity index (χ1) is 3.55. The number of carbonyl (C=O) groups is 1. The molecule has 0 radical (unpaired) electrons. The molecule has 9 heavy (non-hydrogen) atoms. The fraction of sp³-hybridized carbons (Fsp3) is 0.750. The summed E-state index contributed by atoms with van der Waals surface area (Å²) in [6, 6.07) is -1.16. The zero-order valence-corrected chi connectivity index (χ0v) is 6.27. The maximum Gasteiger partial charge on any atom is 3.00 e. The number of nitrogens with two attached hydrogens (primary N) is 1. The summed E-state index contributed by atoms with van der Waals surface area (Å²) >= 11 is 0. The molecule has 0 aromatic carbocycles. The summed E-state index contributed by atoms with van der Waals surface area (Å²) in [6.07, 6.45) is -0.979. The molecule has 0 aliphatic heterocycles. The first-order valence-corrected chi connectivity index (χ1v) is 2.22. The van der Waals surface area contributed by atoms with Crippen LogP contribution < -0.4 is 5.73 Å². The van der Waals surface area contributed by atoms with Gasteiger partial charge in [-0.15, -0.1) is 0 Å². The van der Waals surface area contributed by atoms with Crippen LogP contribution in [0.2, 0.25) is 0 Å². The summed E-state index contributed by atoms with van der Waals surface area (Å²) in [5, 5.41) is 16.6. The van der Waals surface area contributed by atoms with E-state index in [-0.39, 0.29) is 17.4 Å². The fourth-order valence-electron chi connectivity index (χ4n) is 0.206. The smallest absolute Gasteiger partial charge is 0.480 e. The third-order valence-electron chi connectivity index (χ3n) is 0.805. The first kappa shape index (κ1) is 11.7. The van der Waals surface area contributed by atoms with Crippen molar-refractivity contribution in [3.63, 3.8) is 0 Å². The van der Waals surface area contributed by atoms with Crippen LogP contribution in [0.3, 0.4) is 0 Å². The second-order valence-electron chi connectivity index (χ2n) is 1.60. The summed E-state index contributed by atoms with van der Waals surface area (Å²) in [5.74, 6) is -1.18. The first-order valence-electron chi connectivity index (χ1n) is 2.22. The number of aliphatic hydroxyl groups excluding tert-OH is 1. The average molecular weight is 146 g/mol. The van der Waals surface area contributed by atoms with Crippen LogP contribution in [-0.4, -0.2) is 45.7 Å². The minimum atomic E-state index is -1.18. The molecule has 2 unspecified atom stereocenters. The molecule has 2 atom stereocenters. The van der Waals surface area contributed by atoms with Gasteiger partial charge in [-0.25, -0.2) is 0 Å². The van der Waals surface area contributed by atoms with E-state index in [2.05, 4.69) is 0 Å². The molecule has 0 aromatic heterocycles. The molecule has 0 bridgehead atoms. The Morgan fingerprint density at radius 1 is 1.67 bits per heavy atom. The van der Waals surface area contributed by atoms with Gasteiger partial charge in [0.05, 0.1) is 6.10 Å². The molecular formula is C4H9AlNO3+3. The van der Waals surface area contributed by atoms with Crippen LogP contribution in [0.4, 0.5) is 0 Å². The van der Waals surface area contributed by atoms with Crippen LogP contribution in [0, 0.1) is 0 Å². The van der Waals surface area contributed by atoms with Gasteiger partial charge in [-0.3, -0.25) is 4.79 Å². The van der Waals surface area contributed by atoms with Gasteiger partial charge >= 0.3 is 23.3 Å². The monoisotopic (exact) mass is 146 g/mol. The molecule has 0 aromatic rings. The average Bonchev–Trinajstić information content (AvgIpc) is 1.64. The Hall–Kier alpha value is -0.0775. The molecule has 0 fully saturated rings. The number of aliphatic carboxylic acids is 1. The van der Waals surface area contributed by atoms with E-state index in [1.165, 1.54) is 6.92 Å². The van der Waals surface area contributed by atoms with Crippen LogP contribution in [0.5, 0.6) is 0 Å². The topological polar surface area (TPSA) is 83.5 Å². The number of rotatable bonds is 2. The van der Waals surface area contributed by atoms with Crippen molar-refractivity contribution in [3.8, 4) is 0 Å². The van der Waals surface area contributed by atoms with E-state index < -0.39 is 18.1 Å². The Kier molecular flexibility index (Phi) is 6.19. The normalized spacial score (nSPS) is 15.4. The van der Waals surface area contributed by atoms with Crippen LogP contribution >= 0.6 is 0 Å². The van der Waals surface area contributed by atoms with Gasteiger partial charge in [0.1, 0.15) is 6.04 Å². The van der Waals surface area contributed by atoms with Crippen LogP contribution in [0.15, 0.2) is 0 Å². The van der Waals surface area contributed by atoms with E-state index in [1.807, 2.05) is 0 Å². The maximum absolute atomic E-state index is 9.86. The molecule has 4 N–H and O–H groups in total. The van der Waals surface area contributed by atoms with Crippen molar-refractivity contribution in [2.75, 3.05) is 0 Å². The molecule has 5 heteroatoms. The quantitative estimate of drug-likeness (QED) is 0.409. The molecule has 0 saturated heterocycles. The number of aliphatic hydroxyl groups is 1. The predicted molar refractivity (Wildman–Crippen MR) is 33.0 cm³/mol. The number of carboxylic acids is 1. The second-order valence-corrected chi connectivity index (χ2v) is 1.60. The van der Waals surface area contributed by atoms with E-state index in [4.69, 9.17) is 15.9 Å². The van der Waals surface area contributed by atoms with Gasteiger partial charge in [-0.1, -0.05) is 0 Å². The zero-order chi connectivity index (χ0) is 6.73. The third-order valence-corrected chi connectivity index (χ3v) is 0.805. The van der Waals surface area contributed by atoms with Crippen molar-refractivity contribution in [1.82, 2.24) is 0 Å². The van der Waals surface area contributed by atoms with Gasteiger partial charge in [0.15, 0.2) is 0 Å². The summed E-state index contributed by atoms with van der Waals surface area (Å²) in [4.78, 5) is 9.86. The van der Waals surface area contributed by atoms with Crippen molar-refractivity contribution in [1.29, 1.82) is 0 Å². The Bertz CT molecular complexity index is 95.8. The van der Waals surface area contributed by atoms with Gasteiger partial charge in [-0.05, 0) is 6.92 Å². The molecule has 0 aliphatic rings. The number of carboxylic acid groups (broad SMARTS) is 1. The maximum atomic E-state index is 9.86. The van der Waals surface area contributed by atoms with Gasteiger partial charge in [0, 0.05) is 0 Å². The Morgan fingerprint density at radius 3 is 2.00 bits per heavy atom. The largest absolute Gasteiger partial charge is 3.00 e. The van der Waals surface area contributed by atoms with Crippen molar-refractivity contribution in [3.05, 3.63) is 0 Å². The number of hydrogen-bond donors (Lipinski definition) is 3. The van der Waals surface area contributed by atoms with E-state index in [0.717, 1.165) is 0 Å². The molecule has 48 valence electrons. The molecule has 0 aliphatic carbocycles. The van der Waals surface area contributed by atoms with Crippen LogP contribution in [0.25, 0.3) is 0 Å². The zero-order valence-electron chi connectivity index (χ0n) is 5.11. The summed E-state index contributed by atoms with van der Waals surface area (Å²) < 4.78 is 0. The van der Waals surface area contributed by atoms with E-state index in [0.29, 0.717) is 0 Å². The molecule has 0 amide bonds. The SMILES string of the molecule is CC(O)C(N)C(=O)O.[Al+3]. The minimum absolute atomic E-state index is 0. The summed E-state index contributed by atoms with van der Waals surface area (Å²) in [7, 11) is 0. The van der Waals surface area contributed by atoms with E-state index in [9.17, 15) is 4.79 Å². The fourth-order valence-corrected chi connectivity index (χ4v) is 0.206. The Labute approximate surface area is 63.8 Å². The molecular weight excluding hydrogens is 137 g/mol. The standard InChI is InChI=1S/C4H9NO3.Al/c1-2(6)3(5)4(7)8;/h2-3,6H,5H2,1H3,(H,7,8);/q;+3. The minimum Gasteiger partial charge on any atom is -0.480 e. The van der Waals surface area contributed by atoms with Crippen LogP contribution in [-0.2, 0) is 4.79 Å². The van der Waals surface area contributed by atoms with Crippen molar-refractivity contribution < 1.29 is 15.0 Å². The molecule has 0 rings (SSSR count). The van der Waals surface area contributed by atoms with E-state index in [1.54, 1.807) is 0 Å². The molecule has 4 nitrogen and oxygen atoms in total. The molecule has 0 saturated carbocycles. The van der Waals surface area contributed by atoms with E-state index >= 15 is 0 Å². The van der Waals surface area contributed by atoms with Crippen molar-refractivity contribution >= 4 is 23.3 Å².